The first kappa shape index (κ1) is 13.5. The summed E-state index contributed by atoms with van der Waals surface area (Å²) in [4.78, 5) is 1.04. The molecule has 98 valence electrons. The largest absolute Gasteiger partial charge is 0.379 e. The van der Waals surface area contributed by atoms with Crippen molar-refractivity contribution in [3.63, 3.8) is 0 Å². The van der Waals surface area contributed by atoms with Crippen LogP contribution in [-0.2, 0) is 10.2 Å². The molecule has 0 aliphatic carbocycles. The Balaban J connectivity index is 2.31. The van der Waals surface area contributed by atoms with Gasteiger partial charge in [-0.15, -0.1) is 11.3 Å². The summed E-state index contributed by atoms with van der Waals surface area (Å²) >= 11 is 1.17. The molecule has 0 amide bonds. The summed E-state index contributed by atoms with van der Waals surface area (Å²) in [6.45, 7) is 7.29. The van der Waals surface area contributed by atoms with E-state index in [0.29, 0.717) is 18.8 Å². The summed E-state index contributed by atoms with van der Waals surface area (Å²) in [7, 11) is 0. The average molecular weight is 270 g/mol. The van der Waals surface area contributed by atoms with Crippen molar-refractivity contribution in [2.75, 3.05) is 13.2 Å². The monoisotopic (exact) mass is 270 g/mol. The molecular formula is C14H16F2OS. The Labute approximate surface area is 110 Å². The van der Waals surface area contributed by atoms with E-state index < -0.39 is 6.43 Å². The molecule has 1 aliphatic heterocycles. The molecule has 18 heavy (non-hydrogen) atoms. The highest BCUT2D eigenvalue weighted by molar-refractivity contribution is 7.12. The maximum Gasteiger partial charge on any atom is 0.274 e. The lowest BCUT2D eigenvalue weighted by Crippen LogP contribution is -2.25. The summed E-state index contributed by atoms with van der Waals surface area (Å²) in [6, 6.07) is 1.80. The second-order valence-electron chi connectivity index (χ2n) is 5.44. The molecule has 0 saturated carbocycles. The summed E-state index contributed by atoms with van der Waals surface area (Å²) < 4.78 is 30.9. The molecule has 1 aromatic heterocycles. The minimum atomic E-state index is -2.45. The Hall–Kier alpha value is -0.920. The van der Waals surface area contributed by atoms with Crippen molar-refractivity contribution in [3.05, 3.63) is 21.4 Å². The summed E-state index contributed by atoms with van der Waals surface area (Å²) in [6.07, 6.45) is -2.45. The Morgan fingerprint density at radius 2 is 2.06 bits per heavy atom. The van der Waals surface area contributed by atoms with Crippen molar-refractivity contribution in [3.8, 4) is 11.8 Å². The van der Waals surface area contributed by atoms with Crippen molar-refractivity contribution in [2.24, 2.45) is 5.92 Å². The summed E-state index contributed by atoms with van der Waals surface area (Å²) in [5.41, 5.74) is 0.361. The first-order chi connectivity index (χ1) is 8.38. The lowest BCUT2D eigenvalue weighted by molar-refractivity contribution is -0.00300. The lowest BCUT2D eigenvalue weighted by atomic mass is 9.94. The van der Waals surface area contributed by atoms with Gasteiger partial charge in [0.05, 0.1) is 24.0 Å². The van der Waals surface area contributed by atoms with E-state index in [4.69, 9.17) is 4.74 Å². The fourth-order valence-corrected chi connectivity index (χ4v) is 2.56. The molecule has 0 unspecified atom stereocenters. The van der Waals surface area contributed by atoms with Gasteiger partial charge in [-0.05, 0) is 11.5 Å². The zero-order valence-electron chi connectivity index (χ0n) is 10.7. The number of halogens is 2. The van der Waals surface area contributed by atoms with Crippen LogP contribution in [0.3, 0.4) is 0 Å². The van der Waals surface area contributed by atoms with Crippen LogP contribution < -0.4 is 0 Å². The van der Waals surface area contributed by atoms with Gasteiger partial charge in [-0.3, -0.25) is 0 Å². The van der Waals surface area contributed by atoms with Crippen LogP contribution >= 0.6 is 11.3 Å². The van der Waals surface area contributed by atoms with E-state index in [-0.39, 0.29) is 16.2 Å². The topological polar surface area (TPSA) is 9.23 Å². The maximum absolute atomic E-state index is 13.0. The molecule has 1 saturated heterocycles. The standard InChI is InChI=1S/C14H16F2OS/c1-14(2,3)11-6-10(12(18-11)13(15)16)5-4-9-7-17-8-9/h6,9,13H,7-8H2,1-3H3. The first-order valence-corrected chi connectivity index (χ1v) is 6.71. The van der Waals surface area contributed by atoms with E-state index >= 15 is 0 Å². The number of hydrogen-bond donors (Lipinski definition) is 0. The molecule has 1 aliphatic rings. The number of alkyl halides is 2. The van der Waals surface area contributed by atoms with Crippen molar-refractivity contribution < 1.29 is 13.5 Å². The van der Waals surface area contributed by atoms with E-state index in [0.717, 1.165) is 4.88 Å². The molecule has 0 N–H and O–H groups in total. The van der Waals surface area contributed by atoms with Gasteiger partial charge in [0, 0.05) is 10.4 Å². The lowest BCUT2D eigenvalue weighted by Gasteiger charge is -2.19. The van der Waals surface area contributed by atoms with Crippen molar-refractivity contribution in [1.29, 1.82) is 0 Å². The van der Waals surface area contributed by atoms with E-state index in [2.05, 4.69) is 11.8 Å². The number of rotatable bonds is 1. The van der Waals surface area contributed by atoms with Gasteiger partial charge in [-0.25, -0.2) is 8.78 Å². The average Bonchev–Trinajstić information content (AvgIpc) is 2.58. The molecule has 0 radical (unpaired) electrons. The van der Waals surface area contributed by atoms with Crippen LogP contribution in [-0.4, -0.2) is 13.2 Å². The summed E-state index contributed by atoms with van der Waals surface area (Å²) in [5, 5.41) is 0. The summed E-state index contributed by atoms with van der Waals surface area (Å²) in [5.74, 6) is 6.09. The molecule has 0 bridgehead atoms. The molecule has 1 aromatic rings. The molecule has 2 heterocycles. The van der Waals surface area contributed by atoms with E-state index in [1.54, 1.807) is 6.07 Å². The zero-order valence-corrected chi connectivity index (χ0v) is 11.5. The molecule has 1 nitrogen and oxygen atoms in total. The molecule has 0 aromatic carbocycles. The minimum Gasteiger partial charge on any atom is -0.379 e. The SMILES string of the molecule is CC(C)(C)c1cc(C#CC2COC2)c(C(F)F)s1. The molecular weight excluding hydrogens is 254 g/mol. The van der Waals surface area contributed by atoms with Gasteiger partial charge in [0.2, 0.25) is 0 Å². The highest BCUT2D eigenvalue weighted by atomic mass is 32.1. The Morgan fingerprint density at radius 1 is 1.39 bits per heavy atom. The van der Waals surface area contributed by atoms with E-state index in [1.807, 2.05) is 20.8 Å². The van der Waals surface area contributed by atoms with Crippen LogP contribution in [0, 0.1) is 17.8 Å². The highest BCUT2D eigenvalue weighted by Crippen LogP contribution is 2.37. The predicted octanol–water partition coefficient (Wildman–Crippen LogP) is 3.98. The first-order valence-electron chi connectivity index (χ1n) is 5.89. The fraction of sp³-hybridized carbons (Fsp3) is 0.571. The van der Waals surface area contributed by atoms with Crippen LogP contribution in [0.5, 0.6) is 0 Å². The van der Waals surface area contributed by atoms with Gasteiger partial charge in [0.15, 0.2) is 0 Å². The number of hydrogen-bond acceptors (Lipinski definition) is 2. The quantitative estimate of drug-likeness (QED) is 0.701. The minimum absolute atomic E-state index is 0.0904. The molecule has 1 fully saturated rings. The number of ether oxygens (including phenoxy) is 1. The van der Waals surface area contributed by atoms with Crippen LogP contribution in [0.1, 0.15) is 42.5 Å². The second-order valence-corrected chi connectivity index (χ2v) is 6.53. The third kappa shape index (κ3) is 2.90. The van der Waals surface area contributed by atoms with Gasteiger partial charge in [0.25, 0.3) is 6.43 Å². The fourth-order valence-electron chi connectivity index (χ4n) is 1.53. The van der Waals surface area contributed by atoms with Crippen LogP contribution in [0.25, 0.3) is 0 Å². The molecule has 2 rings (SSSR count). The molecule has 0 atom stereocenters. The number of thiophene rings is 1. The van der Waals surface area contributed by atoms with Crippen molar-refractivity contribution in [2.45, 2.75) is 32.6 Å². The molecule has 4 heteroatoms. The van der Waals surface area contributed by atoms with Crippen molar-refractivity contribution >= 4 is 11.3 Å². The van der Waals surface area contributed by atoms with Gasteiger partial charge in [-0.2, -0.15) is 0 Å². The predicted molar refractivity (Wildman–Crippen MR) is 69.2 cm³/mol. The Morgan fingerprint density at radius 3 is 2.50 bits per heavy atom. The third-order valence-electron chi connectivity index (χ3n) is 2.75. The molecule has 0 spiro atoms. The van der Waals surface area contributed by atoms with Gasteiger partial charge < -0.3 is 4.74 Å². The van der Waals surface area contributed by atoms with Crippen LogP contribution in [0.15, 0.2) is 6.07 Å². The van der Waals surface area contributed by atoms with Gasteiger partial charge in [0.1, 0.15) is 0 Å². The van der Waals surface area contributed by atoms with E-state index in [9.17, 15) is 8.78 Å². The zero-order chi connectivity index (χ0) is 13.3. The van der Waals surface area contributed by atoms with Gasteiger partial charge >= 0.3 is 0 Å². The van der Waals surface area contributed by atoms with E-state index in [1.165, 1.54) is 11.3 Å². The van der Waals surface area contributed by atoms with Crippen LogP contribution in [0.2, 0.25) is 0 Å². The Kier molecular flexibility index (Phi) is 3.74. The smallest absolute Gasteiger partial charge is 0.274 e. The van der Waals surface area contributed by atoms with Crippen molar-refractivity contribution in [1.82, 2.24) is 0 Å². The van der Waals surface area contributed by atoms with Gasteiger partial charge in [-0.1, -0.05) is 32.6 Å². The normalized spacial score (nSPS) is 16.3. The Bertz CT molecular complexity index is 484. The maximum atomic E-state index is 13.0. The second kappa shape index (κ2) is 4.99. The third-order valence-corrected chi connectivity index (χ3v) is 4.32. The van der Waals surface area contributed by atoms with Crippen LogP contribution in [0.4, 0.5) is 8.78 Å². The highest BCUT2D eigenvalue weighted by Gasteiger charge is 2.23.